The Kier molecular flexibility index (Phi) is 4.37. The van der Waals surface area contributed by atoms with Gasteiger partial charge in [0, 0.05) is 18.8 Å². The lowest BCUT2D eigenvalue weighted by Crippen LogP contribution is -2.21. The zero-order valence-electron chi connectivity index (χ0n) is 12.1. The summed E-state index contributed by atoms with van der Waals surface area (Å²) >= 11 is 0. The molecule has 2 aromatic heterocycles. The number of aryl methyl sites for hydroxylation is 2. The summed E-state index contributed by atoms with van der Waals surface area (Å²) in [7, 11) is 0. The van der Waals surface area contributed by atoms with Crippen LogP contribution in [0.5, 0.6) is 0 Å². The predicted molar refractivity (Wildman–Crippen MR) is 82.3 cm³/mol. The Hall–Kier alpha value is -2.63. The molecule has 110 valence electrons. The van der Waals surface area contributed by atoms with E-state index in [0.717, 1.165) is 6.42 Å². The summed E-state index contributed by atoms with van der Waals surface area (Å²) < 4.78 is 1.57. The lowest BCUT2D eigenvalue weighted by atomic mass is 10.2. The van der Waals surface area contributed by atoms with Crippen LogP contribution in [0, 0.1) is 6.92 Å². The number of nitrogens with two attached hydrogens (primary N) is 1. The second-order valence-corrected chi connectivity index (χ2v) is 4.81. The molecule has 0 saturated carbocycles. The molecule has 3 N–H and O–H groups in total. The molecule has 0 aliphatic heterocycles. The Labute approximate surface area is 122 Å². The topological polar surface area (TPSA) is 90.0 Å². The van der Waals surface area contributed by atoms with Crippen molar-refractivity contribution in [3.05, 3.63) is 52.2 Å². The van der Waals surface area contributed by atoms with Crippen molar-refractivity contribution in [2.75, 3.05) is 11.1 Å². The Bertz CT molecular complexity index is 722. The maximum atomic E-state index is 12.2. The van der Waals surface area contributed by atoms with E-state index >= 15 is 0 Å². The Balaban J connectivity index is 2.25. The summed E-state index contributed by atoms with van der Waals surface area (Å²) in [5.41, 5.74) is 7.58. The third-order valence-electron chi connectivity index (χ3n) is 3.06. The SMILES string of the molecule is CCCn1cc(NC(=O)c2cc(N)cnc2C)ccc1=O. The number of nitrogens with one attached hydrogen (secondary N) is 1. The van der Waals surface area contributed by atoms with Crippen LogP contribution in [-0.2, 0) is 6.54 Å². The summed E-state index contributed by atoms with van der Waals surface area (Å²) in [6.07, 6.45) is 3.99. The quantitative estimate of drug-likeness (QED) is 0.896. The summed E-state index contributed by atoms with van der Waals surface area (Å²) in [4.78, 5) is 27.9. The van der Waals surface area contributed by atoms with Crippen molar-refractivity contribution >= 4 is 17.3 Å². The van der Waals surface area contributed by atoms with Gasteiger partial charge in [0.1, 0.15) is 0 Å². The highest BCUT2D eigenvalue weighted by Crippen LogP contribution is 2.12. The van der Waals surface area contributed by atoms with Gasteiger partial charge in [0.2, 0.25) is 0 Å². The largest absolute Gasteiger partial charge is 0.397 e. The Morgan fingerprint density at radius 1 is 1.43 bits per heavy atom. The first-order chi connectivity index (χ1) is 10.0. The highest BCUT2D eigenvalue weighted by Gasteiger charge is 2.11. The fraction of sp³-hybridized carbons (Fsp3) is 0.267. The van der Waals surface area contributed by atoms with Crippen molar-refractivity contribution < 1.29 is 4.79 Å². The highest BCUT2D eigenvalue weighted by molar-refractivity contribution is 6.05. The zero-order chi connectivity index (χ0) is 15.4. The number of hydrogen-bond donors (Lipinski definition) is 2. The molecule has 2 aromatic rings. The molecule has 0 fully saturated rings. The van der Waals surface area contributed by atoms with Crippen LogP contribution in [-0.4, -0.2) is 15.5 Å². The number of amides is 1. The van der Waals surface area contributed by atoms with Gasteiger partial charge >= 0.3 is 0 Å². The minimum Gasteiger partial charge on any atom is -0.397 e. The average molecular weight is 286 g/mol. The number of aromatic nitrogens is 2. The number of rotatable bonds is 4. The van der Waals surface area contributed by atoms with E-state index in [0.29, 0.717) is 29.2 Å². The molecule has 6 nitrogen and oxygen atoms in total. The van der Waals surface area contributed by atoms with Gasteiger partial charge in [0.15, 0.2) is 0 Å². The third kappa shape index (κ3) is 3.47. The van der Waals surface area contributed by atoms with E-state index in [-0.39, 0.29) is 11.5 Å². The molecule has 2 heterocycles. The summed E-state index contributed by atoms with van der Waals surface area (Å²) in [5, 5.41) is 2.76. The first-order valence-electron chi connectivity index (χ1n) is 6.75. The van der Waals surface area contributed by atoms with E-state index in [4.69, 9.17) is 5.73 Å². The predicted octanol–water partition coefficient (Wildman–Crippen LogP) is 1.80. The smallest absolute Gasteiger partial charge is 0.257 e. The molecule has 2 rings (SSSR count). The van der Waals surface area contributed by atoms with E-state index in [2.05, 4.69) is 10.3 Å². The normalized spacial score (nSPS) is 10.4. The first kappa shape index (κ1) is 14.8. The monoisotopic (exact) mass is 286 g/mol. The number of pyridine rings is 2. The maximum Gasteiger partial charge on any atom is 0.257 e. The molecule has 0 bridgehead atoms. The molecule has 0 spiro atoms. The molecule has 0 radical (unpaired) electrons. The molecule has 0 atom stereocenters. The Morgan fingerprint density at radius 3 is 2.90 bits per heavy atom. The van der Waals surface area contributed by atoms with Crippen molar-refractivity contribution in [2.24, 2.45) is 0 Å². The summed E-state index contributed by atoms with van der Waals surface area (Å²) in [6.45, 7) is 4.34. The van der Waals surface area contributed by atoms with E-state index in [1.54, 1.807) is 29.8 Å². The van der Waals surface area contributed by atoms with Crippen molar-refractivity contribution in [1.82, 2.24) is 9.55 Å². The second-order valence-electron chi connectivity index (χ2n) is 4.81. The number of carbonyl (C=O) groups excluding carboxylic acids is 1. The number of nitrogens with zero attached hydrogens (tertiary/aromatic N) is 2. The van der Waals surface area contributed by atoms with Gasteiger partial charge in [-0.1, -0.05) is 6.92 Å². The molecule has 21 heavy (non-hydrogen) atoms. The standard InChI is InChI=1S/C15H18N4O2/c1-3-6-19-9-12(4-5-14(19)20)18-15(21)13-7-11(16)8-17-10(13)2/h4-5,7-9H,3,6,16H2,1-2H3,(H,18,21). The van der Waals surface area contributed by atoms with E-state index in [9.17, 15) is 9.59 Å². The molecule has 0 aliphatic carbocycles. The van der Waals surface area contributed by atoms with Crippen LogP contribution < -0.4 is 16.6 Å². The van der Waals surface area contributed by atoms with Crippen LogP contribution in [0.15, 0.2) is 35.4 Å². The van der Waals surface area contributed by atoms with Crippen molar-refractivity contribution in [1.29, 1.82) is 0 Å². The van der Waals surface area contributed by atoms with Crippen LogP contribution in [0.3, 0.4) is 0 Å². The van der Waals surface area contributed by atoms with Gasteiger partial charge in [-0.3, -0.25) is 14.6 Å². The van der Waals surface area contributed by atoms with Gasteiger partial charge in [0.05, 0.1) is 28.8 Å². The van der Waals surface area contributed by atoms with E-state index < -0.39 is 0 Å². The van der Waals surface area contributed by atoms with Gasteiger partial charge in [-0.15, -0.1) is 0 Å². The van der Waals surface area contributed by atoms with Crippen molar-refractivity contribution in [2.45, 2.75) is 26.8 Å². The number of anilines is 2. The third-order valence-corrected chi connectivity index (χ3v) is 3.06. The van der Waals surface area contributed by atoms with Crippen molar-refractivity contribution in [3.63, 3.8) is 0 Å². The van der Waals surface area contributed by atoms with Crippen LogP contribution in [0.4, 0.5) is 11.4 Å². The summed E-state index contributed by atoms with van der Waals surface area (Å²) in [6, 6.07) is 4.61. The fourth-order valence-electron chi connectivity index (χ4n) is 2.00. The summed E-state index contributed by atoms with van der Waals surface area (Å²) in [5.74, 6) is -0.297. The van der Waals surface area contributed by atoms with Gasteiger partial charge < -0.3 is 15.6 Å². The van der Waals surface area contributed by atoms with Gasteiger partial charge in [-0.25, -0.2) is 0 Å². The number of hydrogen-bond acceptors (Lipinski definition) is 4. The van der Waals surface area contributed by atoms with Gasteiger partial charge in [-0.2, -0.15) is 0 Å². The van der Waals surface area contributed by atoms with Gasteiger partial charge in [0.25, 0.3) is 11.5 Å². The maximum absolute atomic E-state index is 12.2. The lowest BCUT2D eigenvalue weighted by molar-refractivity contribution is 0.102. The molecule has 0 unspecified atom stereocenters. The first-order valence-corrected chi connectivity index (χ1v) is 6.75. The molecular formula is C15H18N4O2. The van der Waals surface area contributed by atoms with E-state index in [1.807, 2.05) is 6.92 Å². The minimum absolute atomic E-state index is 0.0864. The van der Waals surface area contributed by atoms with Crippen molar-refractivity contribution in [3.8, 4) is 0 Å². The van der Waals surface area contributed by atoms with E-state index in [1.165, 1.54) is 12.3 Å². The van der Waals surface area contributed by atoms with Crippen LogP contribution >= 0.6 is 0 Å². The lowest BCUT2D eigenvalue weighted by Gasteiger charge is -2.10. The Morgan fingerprint density at radius 2 is 2.19 bits per heavy atom. The fourth-order valence-corrected chi connectivity index (χ4v) is 2.00. The minimum atomic E-state index is -0.297. The second kappa shape index (κ2) is 6.21. The molecule has 0 aliphatic rings. The molecule has 6 heteroatoms. The van der Waals surface area contributed by atoms with Crippen LogP contribution in [0.1, 0.15) is 29.4 Å². The molecular weight excluding hydrogens is 268 g/mol. The van der Waals surface area contributed by atoms with Crippen LogP contribution in [0.2, 0.25) is 0 Å². The molecule has 0 aromatic carbocycles. The number of nitrogen functional groups attached to an aromatic ring is 1. The zero-order valence-corrected chi connectivity index (χ0v) is 12.1. The average Bonchev–Trinajstić information content (AvgIpc) is 2.45. The molecule has 0 saturated heterocycles. The molecule has 1 amide bonds. The number of carbonyl (C=O) groups is 1. The van der Waals surface area contributed by atoms with Crippen LogP contribution in [0.25, 0.3) is 0 Å². The van der Waals surface area contributed by atoms with Gasteiger partial charge in [-0.05, 0) is 25.5 Å². The highest BCUT2D eigenvalue weighted by atomic mass is 16.1.